The summed E-state index contributed by atoms with van der Waals surface area (Å²) in [4.78, 5) is 0. The minimum Gasteiger partial charge on any atom is -0.496 e. The lowest BCUT2D eigenvalue weighted by atomic mass is 9.85. The molecule has 0 spiro atoms. The highest BCUT2D eigenvalue weighted by atomic mass is 19.1. The maximum Gasteiger partial charge on any atom is 0.132 e. The van der Waals surface area contributed by atoms with Crippen LogP contribution in [0.25, 0.3) is 0 Å². The molecular formula is C16H22FNO2. The molecule has 1 aromatic carbocycles. The largest absolute Gasteiger partial charge is 0.496 e. The Morgan fingerprint density at radius 1 is 1.30 bits per heavy atom. The van der Waals surface area contributed by atoms with Crippen molar-refractivity contribution in [1.82, 2.24) is 5.32 Å². The molecule has 3 rings (SSSR count). The Kier molecular flexibility index (Phi) is 4.22. The number of hydrogen-bond acceptors (Lipinski definition) is 3. The second-order valence-electron chi connectivity index (χ2n) is 5.74. The second-order valence-corrected chi connectivity index (χ2v) is 5.74. The summed E-state index contributed by atoms with van der Waals surface area (Å²) >= 11 is 0. The first kappa shape index (κ1) is 13.8. The molecule has 110 valence electrons. The van der Waals surface area contributed by atoms with E-state index in [0.29, 0.717) is 36.4 Å². The third-order valence-corrected chi connectivity index (χ3v) is 4.54. The van der Waals surface area contributed by atoms with Crippen molar-refractivity contribution in [2.45, 2.75) is 37.8 Å². The van der Waals surface area contributed by atoms with Crippen LogP contribution < -0.4 is 10.1 Å². The first-order valence-corrected chi connectivity index (χ1v) is 7.47. The Hall–Kier alpha value is -1.13. The molecule has 0 amide bonds. The molecule has 4 heteroatoms. The Labute approximate surface area is 119 Å². The van der Waals surface area contributed by atoms with E-state index >= 15 is 0 Å². The monoisotopic (exact) mass is 279 g/mol. The van der Waals surface area contributed by atoms with Gasteiger partial charge in [-0.3, -0.25) is 0 Å². The molecule has 1 N–H and O–H groups in total. The van der Waals surface area contributed by atoms with E-state index in [0.717, 1.165) is 0 Å². The van der Waals surface area contributed by atoms with Crippen molar-refractivity contribution in [1.29, 1.82) is 0 Å². The molecule has 1 saturated carbocycles. The molecule has 1 aromatic rings. The molecule has 0 radical (unpaired) electrons. The van der Waals surface area contributed by atoms with E-state index in [9.17, 15) is 4.39 Å². The molecule has 1 aliphatic heterocycles. The van der Waals surface area contributed by atoms with Crippen molar-refractivity contribution in [3.63, 3.8) is 0 Å². The maximum absolute atomic E-state index is 14.1. The summed E-state index contributed by atoms with van der Waals surface area (Å²) < 4.78 is 25.4. The molecule has 3 unspecified atom stereocenters. The number of hydrogen-bond donors (Lipinski definition) is 1. The van der Waals surface area contributed by atoms with E-state index in [4.69, 9.17) is 9.47 Å². The average Bonchev–Trinajstić information content (AvgIpc) is 2.69. The van der Waals surface area contributed by atoms with Crippen LogP contribution in [0.4, 0.5) is 4.39 Å². The molecule has 1 heterocycles. The number of benzene rings is 1. The van der Waals surface area contributed by atoms with Gasteiger partial charge in [-0.2, -0.15) is 0 Å². The van der Waals surface area contributed by atoms with Gasteiger partial charge >= 0.3 is 0 Å². The van der Waals surface area contributed by atoms with Gasteiger partial charge in [0.25, 0.3) is 0 Å². The molecule has 20 heavy (non-hydrogen) atoms. The summed E-state index contributed by atoms with van der Waals surface area (Å²) in [5.41, 5.74) is 0.543. The fourth-order valence-corrected chi connectivity index (χ4v) is 3.43. The highest BCUT2D eigenvalue weighted by molar-refractivity contribution is 5.36. The lowest BCUT2D eigenvalue weighted by Gasteiger charge is -2.29. The average molecular weight is 279 g/mol. The zero-order valence-corrected chi connectivity index (χ0v) is 11.9. The molecule has 2 aliphatic rings. The van der Waals surface area contributed by atoms with Gasteiger partial charge in [-0.15, -0.1) is 0 Å². The maximum atomic E-state index is 14.1. The lowest BCUT2D eigenvalue weighted by molar-refractivity contribution is 0.0368. The van der Waals surface area contributed by atoms with Crippen LogP contribution in [0.5, 0.6) is 5.75 Å². The molecule has 3 nitrogen and oxygen atoms in total. The summed E-state index contributed by atoms with van der Waals surface area (Å²) in [5, 5.41) is 3.56. The van der Waals surface area contributed by atoms with Gasteiger partial charge < -0.3 is 14.8 Å². The molecule has 0 aromatic heterocycles. The summed E-state index contributed by atoms with van der Waals surface area (Å²) in [5.74, 6) is 0.884. The molecule has 1 saturated heterocycles. The summed E-state index contributed by atoms with van der Waals surface area (Å²) in [6, 6.07) is 5.45. The van der Waals surface area contributed by atoms with Gasteiger partial charge in [0.15, 0.2) is 0 Å². The van der Waals surface area contributed by atoms with Gasteiger partial charge in [-0.25, -0.2) is 4.39 Å². The number of rotatable bonds is 2. The van der Waals surface area contributed by atoms with Gasteiger partial charge in [-0.1, -0.05) is 18.9 Å². The standard InChI is InChI=1S/C16H22FNO2/c1-19-14-8-4-6-12(17)16(14)15-9-18-13-7-3-2-5-11(13)10-20-15/h4,6,8,11,13,15,18H,2-3,5,7,9-10H2,1H3. The zero-order valence-electron chi connectivity index (χ0n) is 11.9. The summed E-state index contributed by atoms with van der Waals surface area (Å²) in [7, 11) is 1.57. The van der Waals surface area contributed by atoms with Crippen molar-refractivity contribution in [3.8, 4) is 5.75 Å². The normalized spacial score (nSPS) is 30.4. The van der Waals surface area contributed by atoms with Crippen molar-refractivity contribution in [3.05, 3.63) is 29.6 Å². The Bertz CT molecular complexity index is 450. The first-order chi connectivity index (χ1) is 9.79. The quantitative estimate of drug-likeness (QED) is 0.902. The molecule has 1 aliphatic carbocycles. The number of fused-ring (bicyclic) bond motifs is 1. The van der Waals surface area contributed by atoms with Crippen LogP contribution in [0.2, 0.25) is 0 Å². The van der Waals surface area contributed by atoms with Gasteiger partial charge in [-0.05, 0) is 30.9 Å². The van der Waals surface area contributed by atoms with E-state index < -0.39 is 0 Å². The van der Waals surface area contributed by atoms with E-state index in [1.165, 1.54) is 31.7 Å². The van der Waals surface area contributed by atoms with Crippen molar-refractivity contribution < 1.29 is 13.9 Å². The van der Waals surface area contributed by atoms with Crippen LogP contribution in [0.1, 0.15) is 37.4 Å². The SMILES string of the molecule is COc1cccc(F)c1C1CNC2CCCCC2CO1. The third-order valence-electron chi connectivity index (χ3n) is 4.54. The van der Waals surface area contributed by atoms with E-state index in [-0.39, 0.29) is 11.9 Å². The van der Waals surface area contributed by atoms with Crippen molar-refractivity contribution in [2.75, 3.05) is 20.3 Å². The molecular weight excluding hydrogens is 257 g/mol. The van der Waals surface area contributed by atoms with Crippen LogP contribution in [0.3, 0.4) is 0 Å². The predicted octanol–water partition coefficient (Wildman–Crippen LogP) is 3.05. The van der Waals surface area contributed by atoms with Crippen LogP contribution in [0, 0.1) is 11.7 Å². The summed E-state index contributed by atoms with van der Waals surface area (Å²) in [6.07, 6.45) is 4.70. The van der Waals surface area contributed by atoms with Gasteiger partial charge in [0, 0.05) is 12.6 Å². The highest BCUT2D eigenvalue weighted by Crippen LogP contribution is 2.34. The van der Waals surface area contributed by atoms with Crippen LogP contribution in [-0.4, -0.2) is 26.3 Å². The third kappa shape index (κ3) is 2.67. The zero-order chi connectivity index (χ0) is 13.9. The Morgan fingerprint density at radius 2 is 2.15 bits per heavy atom. The predicted molar refractivity (Wildman–Crippen MR) is 75.4 cm³/mol. The molecule has 2 fully saturated rings. The Morgan fingerprint density at radius 3 is 3.00 bits per heavy atom. The fourth-order valence-electron chi connectivity index (χ4n) is 3.43. The smallest absolute Gasteiger partial charge is 0.132 e. The summed E-state index contributed by atoms with van der Waals surface area (Å²) in [6.45, 7) is 1.36. The number of methoxy groups -OCH3 is 1. The van der Waals surface area contributed by atoms with Crippen LogP contribution in [0.15, 0.2) is 18.2 Å². The minimum atomic E-state index is -0.267. The van der Waals surface area contributed by atoms with Crippen molar-refractivity contribution >= 4 is 0 Å². The lowest BCUT2D eigenvalue weighted by Crippen LogP contribution is -2.38. The fraction of sp³-hybridized carbons (Fsp3) is 0.625. The Balaban J connectivity index is 1.81. The van der Waals surface area contributed by atoms with E-state index in [1.807, 2.05) is 0 Å². The topological polar surface area (TPSA) is 30.5 Å². The van der Waals surface area contributed by atoms with E-state index in [2.05, 4.69) is 5.32 Å². The number of halogens is 1. The molecule has 0 bridgehead atoms. The van der Waals surface area contributed by atoms with Gasteiger partial charge in [0.1, 0.15) is 17.7 Å². The van der Waals surface area contributed by atoms with Gasteiger partial charge in [0.05, 0.1) is 19.3 Å². The first-order valence-electron chi connectivity index (χ1n) is 7.47. The number of ether oxygens (including phenoxy) is 2. The second kappa shape index (κ2) is 6.10. The minimum absolute atomic E-state index is 0.249. The van der Waals surface area contributed by atoms with Crippen LogP contribution in [-0.2, 0) is 4.74 Å². The van der Waals surface area contributed by atoms with Crippen LogP contribution >= 0.6 is 0 Å². The number of nitrogens with one attached hydrogen (secondary N) is 1. The van der Waals surface area contributed by atoms with Crippen molar-refractivity contribution in [2.24, 2.45) is 5.92 Å². The molecule has 3 atom stereocenters. The highest BCUT2D eigenvalue weighted by Gasteiger charge is 2.32. The van der Waals surface area contributed by atoms with Gasteiger partial charge in [0.2, 0.25) is 0 Å². The van der Waals surface area contributed by atoms with E-state index in [1.54, 1.807) is 19.2 Å².